The molecule has 44 heavy (non-hydrogen) atoms. The molecule has 1 aliphatic rings. The van der Waals surface area contributed by atoms with Crippen LogP contribution in [0.4, 0.5) is 30.4 Å². The summed E-state index contributed by atoms with van der Waals surface area (Å²) in [7, 11) is 0. The van der Waals surface area contributed by atoms with Crippen molar-refractivity contribution in [2.75, 3.05) is 36.9 Å². The molecule has 0 bridgehead atoms. The van der Waals surface area contributed by atoms with Crippen LogP contribution in [0.3, 0.4) is 0 Å². The summed E-state index contributed by atoms with van der Waals surface area (Å²) in [4.78, 5) is 36.5. The Labute approximate surface area is 249 Å². The molecule has 10 nitrogen and oxygen atoms in total. The summed E-state index contributed by atoms with van der Waals surface area (Å²) in [6, 6.07) is 16.3. The fourth-order valence-electron chi connectivity index (χ4n) is 4.83. The Morgan fingerprint density at radius 3 is 2.34 bits per heavy atom. The number of carbonyl (C=O) groups is 2. The largest absolute Gasteiger partial charge is 0.416 e. The van der Waals surface area contributed by atoms with E-state index in [0.29, 0.717) is 71.7 Å². The number of halogens is 3. The predicted molar refractivity (Wildman–Crippen MR) is 157 cm³/mol. The van der Waals surface area contributed by atoms with Crippen molar-refractivity contribution in [3.05, 3.63) is 101 Å². The number of amides is 2. The fourth-order valence-corrected chi connectivity index (χ4v) is 4.83. The first-order chi connectivity index (χ1) is 21.2. The number of hydrogen-bond donors (Lipinski definition) is 2. The summed E-state index contributed by atoms with van der Waals surface area (Å²) in [6.07, 6.45) is -1.21. The SMILES string of the molecule is Cc1c(NC(=O)c2ccc(C(F)(F)F)cc2)cccc1-c1nc(Nc2ccc(C(=O)N3CCOCC3)cc2)c2nccn2n1. The quantitative estimate of drug-likeness (QED) is 0.261. The molecule has 2 N–H and O–H groups in total. The maximum atomic E-state index is 12.9. The van der Waals surface area contributed by atoms with E-state index >= 15 is 0 Å². The van der Waals surface area contributed by atoms with E-state index in [2.05, 4.69) is 20.7 Å². The van der Waals surface area contributed by atoms with Crippen LogP contribution < -0.4 is 10.6 Å². The Kier molecular flexibility index (Phi) is 7.70. The molecule has 0 radical (unpaired) electrons. The Morgan fingerprint density at radius 1 is 0.932 bits per heavy atom. The van der Waals surface area contributed by atoms with Crippen LogP contribution in [0.15, 0.2) is 79.1 Å². The minimum atomic E-state index is -4.49. The molecule has 5 aromatic rings. The Bertz CT molecular complexity index is 1830. The van der Waals surface area contributed by atoms with Crippen molar-refractivity contribution in [3.8, 4) is 11.4 Å². The summed E-state index contributed by atoms with van der Waals surface area (Å²) < 4.78 is 45.7. The number of benzene rings is 3. The second-order valence-electron chi connectivity index (χ2n) is 10.1. The number of morpholine rings is 1. The highest BCUT2D eigenvalue weighted by Crippen LogP contribution is 2.31. The van der Waals surface area contributed by atoms with Crippen molar-refractivity contribution in [1.29, 1.82) is 0 Å². The molecule has 3 heterocycles. The van der Waals surface area contributed by atoms with E-state index < -0.39 is 17.6 Å². The molecule has 6 rings (SSSR count). The third-order valence-corrected chi connectivity index (χ3v) is 7.24. The number of carbonyl (C=O) groups excluding carboxylic acids is 2. The normalized spacial score (nSPS) is 13.6. The first kappa shape index (κ1) is 28.8. The van der Waals surface area contributed by atoms with Crippen LogP contribution in [0.5, 0.6) is 0 Å². The number of rotatable bonds is 6. The molecule has 0 saturated carbocycles. The van der Waals surface area contributed by atoms with Gasteiger partial charge in [-0.3, -0.25) is 9.59 Å². The first-order valence-corrected chi connectivity index (χ1v) is 13.7. The van der Waals surface area contributed by atoms with E-state index in [9.17, 15) is 22.8 Å². The Morgan fingerprint density at radius 2 is 1.64 bits per heavy atom. The molecule has 1 aliphatic heterocycles. The fraction of sp³-hybridized carbons (Fsp3) is 0.194. The van der Waals surface area contributed by atoms with Gasteiger partial charge in [-0.05, 0) is 67.1 Å². The lowest BCUT2D eigenvalue weighted by atomic mass is 10.1. The van der Waals surface area contributed by atoms with Gasteiger partial charge in [-0.25, -0.2) is 14.5 Å². The number of anilines is 3. The zero-order valence-electron chi connectivity index (χ0n) is 23.4. The topological polar surface area (TPSA) is 114 Å². The summed E-state index contributed by atoms with van der Waals surface area (Å²) in [6.45, 7) is 3.95. The van der Waals surface area contributed by atoms with Crippen molar-refractivity contribution in [3.63, 3.8) is 0 Å². The van der Waals surface area contributed by atoms with Gasteiger partial charge in [0.15, 0.2) is 17.3 Å². The van der Waals surface area contributed by atoms with Crippen molar-refractivity contribution in [1.82, 2.24) is 24.5 Å². The van der Waals surface area contributed by atoms with Crippen LogP contribution in [0.1, 0.15) is 31.8 Å². The summed E-state index contributed by atoms with van der Waals surface area (Å²) in [5.74, 6) is 0.162. The molecule has 224 valence electrons. The third-order valence-electron chi connectivity index (χ3n) is 7.24. The second kappa shape index (κ2) is 11.8. The van der Waals surface area contributed by atoms with Crippen LogP contribution in [0.25, 0.3) is 17.0 Å². The molecule has 0 atom stereocenters. The number of nitrogens with one attached hydrogen (secondary N) is 2. The molecule has 13 heteroatoms. The average molecular weight is 602 g/mol. The van der Waals surface area contributed by atoms with Crippen molar-refractivity contribution in [2.45, 2.75) is 13.1 Å². The molecule has 3 aromatic carbocycles. The standard InChI is InChI=1S/C31H26F3N7O3/c1-19-24(3-2-4-25(19)37-29(42)20-5-9-22(10-6-20)31(32,33)34)26-38-27(28-35-13-14-41(28)39-26)36-23-11-7-21(8-12-23)30(43)40-15-17-44-18-16-40/h2-14H,15-18H2,1H3,(H,37,42)(H,36,38,39). The molecule has 1 fully saturated rings. The van der Waals surface area contributed by atoms with Gasteiger partial charge in [0.1, 0.15) is 0 Å². The van der Waals surface area contributed by atoms with Crippen LogP contribution >= 0.6 is 0 Å². The Balaban J connectivity index is 1.24. The minimum absolute atomic E-state index is 0.0550. The summed E-state index contributed by atoms with van der Waals surface area (Å²) >= 11 is 0. The lowest BCUT2D eigenvalue weighted by Crippen LogP contribution is -2.40. The van der Waals surface area contributed by atoms with Crippen LogP contribution in [0.2, 0.25) is 0 Å². The smallest absolute Gasteiger partial charge is 0.378 e. The van der Waals surface area contributed by atoms with E-state index in [4.69, 9.17) is 9.72 Å². The maximum absolute atomic E-state index is 12.9. The predicted octanol–water partition coefficient (Wildman–Crippen LogP) is 5.59. The lowest BCUT2D eigenvalue weighted by molar-refractivity contribution is -0.137. The highest BCUT2D eigenvalue weighted by molar-refractivity contribution is 6.05. The average Bonchev–Trinajstić information content (AvgIpc) is 3.51. The van der Waals surface area contributed by atoms with Crippen molar-refractivity contribution >= 4 is 34.7 Å². The van der Waals surface area contributed by atoms with Gasteiger partial charge in [0, 0.05) is 53.5 Å². The van der Waals surface area contributed by atoms with Gasteiger partial charge in [-0.2, -0.15) is 13.2 Å². The van der Waals surface area contributed by atoms with E-state index in [0.717, 1.165) is 24.3 Å². The minimum Gasteiger partial charge on any atom is -0.378 e. The monoisotopic (exact) mass is 601 g/mol. The molecule has 0 unspecified atom stereocenters. The van der Waals surface area contributed by atoms with Gasteiger partial charge in [-0.15, -0.1) is 5.10 Å². The zero-order chi connectivity index (χ0) is 30.8. The number of aromatic nitrogens is 4. The number of alkyl halides is 3. The molecule has 2 amide bonds. The first-order valence-electron chi connectivity index (χ1n) is 13.7. The molecular formula is C31H26F3N7O3. The van der Waals surface area contributed by atoms with Gasteiger partial charge in [0.2, 0.25) is 0 Å². The Hall–Kier alpha value is -5.30. The van der Waals surface area contributed by atoms with Crippen LogP contribution in [-0.4, -0.2) is 62.6 Å². The third kappa shape index (κ3) is 5.95. The molecule has 0 aliphatic carbocycles. The number of hydrogen-bond acceptors (Lipinski definition) is 7. The van der Waals surface area contributed by atoms with Crippen LogP contribution in [0, 0.1) is 6.92 Å². The van der Waals surface area contributed by atoms with Crippen LogP contribution in [-0.2, 0) is 10.9 Å². The number of fused-ring (bicyclic) bond motifs is 1. The summed E-state index contributed by atoms with van der Waals surface area (Å²) in [5, 5.41) is 10.6. The van der Waals surface area contributed by atoms with E-state index in [-0.39, 0.29) is 11.5 Å². The van der Waals surface area contributed by atoms with Crippen molar-refractivity contribution in [2.24, 2.45) is 0 Å². The molecule has 0 spiro atoms. The van der Waals surface area contributed by atoms with E-state index in [1.807, 2.05) is 0 Å². The lowest BCUT2D eigenvalue weighted by Gasteiger charge is -2.26. The van der Waals surface area contributed by atoms with Gasteiger partial charge in [-0.1, -0.05) is 12.1 Å². The second-order valence-corrected chi connectivity index (χ2v) is 10.1. The molecular weight excluding hydrogens is 575 g/mol. The van der Waals surface area contributed by atoms with Gasteiger partial charge < -0.3 is 20.3 Å². The van der Waals surface area contributed by atoms with Gasteiger partial charge >= 0.3 is 6.18 Å². The maximum Gasteiger partial charge on any atom is 0.416 e. The zero-order valence-corrected chi connectivity index (χ0v) is 23.4. The van der Waals surface area contributed by atoms with Gasteiger partial charge in [0.05, 0.1) is 18.8 Å². The molecule has 2 aromatic heterocycles. The number of ether oxygens (including phenoxy) is 1. The van der Waals surface area contributed by atoms with E-state index in [1.54, 1.807) is 71.2 Å². The van der Waals surface area contributed by atoms with E-state index in [1.165, 1.54) is 0 Å². The summed E-state index contributed by atoms with van der Waals surface area (Å²) in [5.41, 5.74) is 2.72. The highest BCUT2D eigenvalue weighted by atomic mass is 19.4. The highest BCUT2D eigenvalue weighted by Gasteiger charge is 2.30. The van der Waals surface area contributed by atoms with Crippen molar-refractivity contribution < 1.29 is 27.5 Å². The van der Waals surface area contributed by atoms with Gasteiger partial charge in [0.25, 0.3) is 11.8 Å². The number of imidazole rings is 1. The number of nitrogens with zero attached hydrogens (tertiary/aromatic N) is 5. The molecule has 1 saturated heterocycles.